The molecular weight excluding hydrogens is 260 g/mol. The number of benzene rings is 1. The summed E-state index contributed by atoms with van der Waals surface area (Å²) in [6.45, 7) is 4.35. The largest absolute Gasteiger partial charge is 0.383 e. The number of methoxy groups -OCH3 is 1. The van der Waals surface area contributed by atoms with Crippen LogP contribution in [0, 0.1) is 5.92 Å². The summed E-state index contributed by atoms with van der Waals surface area (Å²) in [7, 11) is 1.74. The predicted octanol–water partition coefficient (Wildman–Crippen LogP) is 3.05. The van der Waals surface area contributed by atoms with Crippen molar-refractivity contribution < 1.29 is 4.74 Å². The molecule has 1 saturated carbocycles. The van der Waals surface area contributed by atoms with Gasteiger partial charge in [0.15, 0.2) is 0 Å². The van der Waals surface area contributed by atoms with Crippen molar-refractivity contribution in [2.45, 2.75) is 32.4 Å². The zero-order chi connectivity index (χ0) is 13.8. The van der Waals surface area contributed by atoms with E-state index in [1.807, 2.05) is 12.1 Å². The fourth-order valence-electron chi connectivity index (χ4n) is 2.58. The molecule has 1 fully saturated rings. The van der Waals surface area contributed by atoms with Crippen LogP contribution in [0.2, 0.25) is 5.02 Å². The molecule has 1 aromatic carbocycles. The van der Waals surface area contributed by atoms with Gasteiger partial charge in [-0.3, -0.25) is 0 Å². The first-order valence-electron chi connectivity index (χ1n) is 6.92. The highest BCUT2D eigenvalue weighted by Crippen LogP contribution is 2.38. The van der Waals surface area contributed by atoms with Gasteiger partial charge in [-0.05, 0) is 37.8 Å². The summed E-state index contributed by atoms with van der Waals surface area (Å²) in [6.07, 6.45) is 2.65. The molecule has 19 heavy (non-hydrogen) atoms. The van der Waals surface area contributed by atoms with Crippen LogP contribution in [0.3, 0.4) is 0 Å². The Hall–Kier alpha value is -0.770. The number of nitrogens with zero attached hydrogens (tertiary/aromatic N) is 1. The molecule has 1 atom stereocenters. The number of nitrogens with two attached hydrogens (primary N) is 1. The molecule has 0 amide bonds. The lowest BCUT2D eigenvalue weighted by Gasteiger charge is -2.33. The van der Waals surface area contributed by atoms with Gasteiger partial charge in [0, 0.05) is 42.5 Å². The molecule has 0 aliphatic heterocycles. The molecule has 1 aliphatic rings. The van der Waals surface area contributed by atoms with Crippen molar-refractivity contribution >= 4 is 17.3 Å². The second-order valence-corrected chi connectivity index (χ2v) is 5.61. The summed E-state index contributed by atoms with van der Waals surface area (Å²) < 4.78 is 5.24. The van der Waals surface area contributed by atoms with Gasteiger partial charge in [-0.15, -0.1) is 0 Å². The first-order valence-corrected chi connectivity index (χ1v) is 7.29. The molecule has 1 aromatic rings. The first kappa shape index (κ1) is 14.6. The topological polar surface area (TPSA) is 38.5 Å². The van der Waals surface area contributed by atoms with Gasteiger partial charge in [0.1, 0.15) is 0 Å². The molecule has 2 rings (SSSR count). The van der Waals surface area contributed by atoms with Crippen LogP contribution < -0.4 is 10.6 Å². The van der Waals surface area contributed by atoms with E-state index in [1.54, 1.807) is 7.11 Å². The number of hydrogen-bond donors (Lipinski definition) is 1. The SMILES string of the molecule is COCCN(c1cccc(Cl)c1CN)C(C)C1CC1. The highest BCUT2D eigenvalue weighted by molar-refractivity contribution is 6.31. The predicted molar refractivity (Wildman–Crippen MR) is 80.8 cm³/mol. The zero-order valence-electron chi connectivity index (χ0n) is 11.7. The molecule has 0 heterocycles. The molecule has 106 valence electrons. The Morgan fingerprint density at radius 1 is 1.47 bits per heavy atom. The van der Waals surface area contributed by atoms with Gasteiger partial charge in [-0.25, -0.2) is 0 Å². The summed E-state index contributed by atoms with van der Waals surface area (Å²) in [4.78, 5) is 2.40. The minimum Gasteiger partial charge on any atom is -0.383 e. The summed E-state index contributed by atoms with van der Waals surface area (Å²) >= 11 is 6.27. The number of anilines is 1. The van der Waals surface area contributed by atoms with E-state index in [0.29, 0.717) is 19.2 Å². The Morgan fingerprint density at radius 3 is 2.79 bits per heavy atom. The van der Waals surface area contributed by atoms with Crippen molar-refractivity contribution in [2.24, 2.45) is 11.7 Å². The van der Waals surface area contributed by atoms with Gasteiger partial charge in [0.25, 0.3) is 0 Å². The highest BCUT2D eigenvalue weighted by Gasteiger charge is 2.32. The summed E-state index contributed by atoms with van der Waals surface area (Å²) in [5.74, 6) is 0.793. The second kappa shape index (κ2) is 6.60. The molecule has 0 bridgehead atoms. The monoisotopic (exact) mass is 282 g/mol. The van der Waals surface area contributed by atoms with Crippen molar-refractivity contribution in [3.8, 4) is 0 Å². The number of halogens is 1. The molecule has 1 aliphatic carbocycles. The Labute approximate surface area is 120 Å². The summed E-state index contributed by atoms with van der Waals surface area (Å²) in [5, 5.41) is 0.755. The Kier molecular flexibility index (Phi) is 5.08. The van der Waals surface area contributed by atoms with Crippen LogP contribution >= 0.6 is 11.6 Å². The lowest BCUT2D eigenvalue weighted by atomic mass is 10.1. The molecule has 4 heteroatoms. The number of ether oxygens (including phenoxy) is 1. The van der Waals surface area contributed by atoms with Gasteiger partial charge < -0.3 is 15.4 Å². The van der Waals surface area contributed by atoms with E-state index in [4.69, 9.17) is 22.1 Å². The van der Waals surface area contributed by atoms with E-state index in [2.05, 4.69) is 17.9 Å². The Balaban J connectivity index is 2.28. The van der Waals surface area contributed by atoms with Crippen molar-refractivity contribution in [1.82, 2.24) is 0 Å². The van der Waals surface area contributed by atoms with E-state index in [-0.39, 0.29) is 0 Å². The van der Waals surface area contributed by atoms with E-state index >= 15 is 0 Å². The van der Waals surface area contributed by atoms with Crippen LogP contribution in [0.15, 0.2) is 18.2 Å². The molecule has 1 unspecified atom stereocenters. The van der Waals surface area contributed by atoms with Crippen LogP contribution in [-0.4, -0.2) is 26.3 Å². The molecule has 0 saturated heterocycles. The van der Waals surface area contributed by atoms with Gasteiger partial charge in [0.2, 0.25) is 0 Å². The fourth-order valence-corrected chi connectivity index (χ4v) is 2.83. The molecule has 0 spiro atoms. The highest BCUT2D eigenvalue weighted by atomic mass is 35.5. The van der Waals surface area contributed by atoms with Crippen molar-refractivity contribution in [1.29, 1.82) is 0 Å². The standard InChI is InChI=1S/C15H23ClN2O/c1-11(12-6-7-12)18(8-9-19-2)15-5-3-4-14(16)13(15)10-17/h3-5,11-12H,6-10,17H2,1-2H3. The van der Waals surface area contributed by atoms with Gasteiger partial charge in [0.05, 0.1) is 6.61 Å². The number of hydrogen-bond acceptors (Lipinski definition) is 3. The van der Waals surface area contributed by atoms with E-state index < -0.39 is 0 Å². The zero-order valence-corrected chi connectivity index (χ0v) is 12.5. The lowest BCUT2D eigenvalue weighted by molar-refractivity contribution is 0.202. The van der Waals surface area contributed by atoms with Gasteiger partial charge in [-0.2, -0.15) is 0 Å². The second-order valence-electron chi connectivity index (χ2n) is 5.21. The quantitative estimate of drug-likeness (QED) is 0.835. The van der Waals surface area contributed by atoms with E-state index in [0.717, 1.165) is 28.7 Å². The van der Waals surface area contributed by atoms with Crippen molar-refractivity contribution in [3.63, 3.8) is 0 Å². The van der Waals surface area contributed by atoms with Gasteiger partial charge in [-0.1, -0.05) is 17.7 Å². The third kappa shape index (κ3) is 3.41. The van der Waals surface area contributed by atoms with E-state index in [1.165, 1.54) is 12.8 Å². The fraction of sp³-hybridized carbons (Fsp3) is 0.600. The Bertz CT molecular complexity index is 421. The molecule has 2 N–H and O–H groups in total. The van der Waals surface area contributed by atoms with Crippen LogP contribution in [0.1, 0.15) is 25.3 Å². The van der Waals surface area contributed by atoms with Crippen LogP contribution in [0.25, 0.3) is 0 Å². The maximum absolute atomic E-state index is 6.27. The smallest absolute Gasteiger partial charge is 0.0637 e. The lowest BCUT2D eigenvalue weighted by Crippen LogP contribution is -2.38. The summed E-state index contributed by atoms with van der Waals surface area (Å²) in [6, 6.07) is 6.53. The summed E-state index contributed by atoms with van der Waals surface area (Å²) in [5.41, 5.74) is 8.06. The minimum absolute atomic E-state index is 0.468. The minimum atomic E-state index is 0.468. The first-order chi connectivity index (χ1) is 9.19. The third-order valence-electron chi connectivity index (χ3n) is 3.94. The normalized spacial score (nSPS) is 16.4. The molecular formula is C15H23ClN2O. The van der Waals surface area contributed by atoms with Crippen molar-refractivity contribution in [3.05, 3.63) is 28.8 Å². The van der Waals surface area contributed by atoms with Crippen molar-refractivity contribution in [2.75, 3.05) is 25.2 Å². The third-order valence-corrected chi connectivity index (χ3v) is 4.29. The maximum atomic E-state index is 6.27. The van der Waals surface area contributed by atoms with Crippen LogP contribution in [-0.2, 0) is 11.3 Å². The van der Waals surface area contributed by atoms with Crippen LogP contribution in [0.5, 0.6) is 0 Å². The Morgan fingerprint density at radius 2 is 2.21 bits per heavy atom. The molecule has 0 aromatic heterocycles. The average molecular weight is 283 g/mol. The number of rotatable bonds is 7. The molecule has 0 radical (unpaired) electrons. The maximum Gasteiger partial charge on any atom is 0.0637 e. The average Bonchev–Trinajstić information content (AvgIpc) is 3.23. The molecule has 3 nitrogen and oxygen atoms in total. The van der Waals surface area contributed by atoms with Gasteiger partial charge >= 0.3 is 0 Å². The van der Waals surface area contributed by atoms with Crippen LogP contribution in [0.4, 0.5) is 5.69 Å². The van der Waals surface area contributed by atoms with E-state index in [9.17, 15) is 0 Å².